The molecule has 0 saturated carbocycles. The Morgan fingerprint density at radius 1 is 0.500 bits per heavy atom. The number of piperazine rings is 3. The van der Waals surface area contributed by atoms with E-state index in [0.29, 0.717) is 58.6 Å². The molecule has 3 saturated heterocycles. The van der Waals surface area contributed by atoms with Crippen LogP contribution >= 0.6 is 34.3 Å². The summed E-state index contributed by atoms with van der Waals surface area (Å²) in [6.45, 7) is 4.81. The van der Waals surface area contributed by atoms with Crippen LogP contribution in [0.25, 0.3) is 65.3 Å². The van der Waals surface area contributed by atoms with Crippen molar-refractivity contribution in [2.24, 2.45) is 0 Å². The highest BCUT2D eigenvalue weighted by atomic mass is 35.5. The molecule has 8 aromatic heterocycles. The molecule has 8 aromatic rings. The van der Waals surface area contributed by atoms with E-state index in [9.17, 15) is 43.4 Å². The Kier molecular flexibility index (Phi) is 17.4. The van der Waals surface area contributed by atoms with Crippen LogP contribution in [0.1, 0.15) is 0 Å². The topological polar surface area (TPSA) is 129 Å². The molecule has 12 nitrogen and oxygen atoms in total. The molecule has 3 aliphatic heterocycles. The normalized spacial score (nSPS) is 17.2. The molecule has 0 atom stereocenters. The lowest BCUT2D eigenvalue weighted by Crippen LogP contribution is -2.71. The van der Waals surface area contributed by atoms with E-state index in [1.165, 1.54) is 11.3 Å². The molecular weight excluding hydrogens is 972 g/mol. The Balaban J connectivity index is 0.000000159. The number of fused-ring (bicyclic) bond motifs is 3. The molecular formula is C41H35B2ClF10N12S2. The quantitative estimate of drug-likeness (QED) is 0.0380. The first kappa shape index (κ1) is 51.1. The molecule has 11 rings (SSSR count). The molecule has 68 heavy (non-hydrogen) atoms. The lowest BCUT2D eigenvalue weighted by atomic mass is 10.2. The zero-order chi connectivity index (χ0) is 48.8. The second-order valence-corrected chi connectivity index (χ2v) is 16.7. The number of hydrogen-bond acceptors (Lipinski definition) is 12. The van der Waals surface area contributed by atoms with Crippen molar-refractivity contribution in [1.82, 2.24) is 49.8 Å². The predicted molar refractivity (Wildman–Crippen MR) is 241 cm³/mol. The van der Waals surface area contributed by atoms with Crippen molar-refractivity contribution in [3.63, 3.8) is 0 Å². The summed E-state index contributed by atoms with van der Waals surface area (Å²) in [5, 5.41) is 1.50. The maximum Gasteiger partial charge on any atom is 0.673 e. The minimum absolute atomic E-state index is 0.198. The number of halogens is 11. The highest BCUT2D eigenvalue weighted by Crippen LogP contribution is 2.35. The summed E-state index contributed by atoms with van der Waals surface area (Å²) >= 11 is 8.68. The van der Waals surface area contributed by atoms with Crippen LogP contribution in [0.3, 0.4) is 0 Å². The van der Waals surface area contributed by atoms with Gasteiger partial charge in [0.25, 0.3) is 0 Å². The van der Waals surface area contributed by atoms with Gasteiger partial charge in [-0.1, -0.05) is 23.7 Å². The lowest BCUT2D eigenvalue weighted by molar-refractivity contribution is -1.15. The summed E-state index contributed by atoms with van der Waals surface area (Å²) in [6, 6.07) is 22.9. The van der Waals surface area contributed by atoms with E-state index < -0.39 is 20.5 Å². The van der Waals surface area contributed by atoms with E-state index in [4.69, 9.17) is 11.6 Å². The Bertz CT molecular complexity index is 2760. The molecule has 27 heteroatoms. The predicted octanol–water partition coefficient (Wildman–Crippen LogP) is 10.9. The molecule has 0 radical (unpaired) electrons. The molecule has 0 amide bonds. The van der Waals surface area contributed by atoms with E-state index >= 15 is 0 Å². The van der Waals surface area contributed by atoms with Crippen molar-refractivity contribution in [2.45, 2.75) is 0 Å². The van der Waals surface area contributed by atoms with Crippen LogP contribution in [0, 0.1) is 5.95 Å². The van der Waals surface area contributed by atoms with Crippen LogP contribution in [-0.4, -0.2) is 119 Å². The third-order valence-electron chi connectivity index (χ3n) is 9.66. The minimum Gasteiger partial charge on any atom is -0.418 e. The number of rotatable bonds is 7. The van der Waals surface area contributed by atoms with Gasteiger partial charge in [0.2, 0.25) is 5.95 Å². The van der Waals surface area contributed by atoms with Gasteiger partial charge in [0.15, 0.2) is 37.3 Å². The van der Waals surface area contributed by atoms with E-state index in [1.807, 2.05) is 48.8 Å². The van der Waals surface area contributed by atoms with E-state index in [1.54, 1.807) is 91.1 Å². The first-order chi connectivity index (χ1) is 32.4. The smallest absolute Gasteiger partial charge is 0.418 e. The van der Waals surface area contributed by atoms with Gasteiger partial charge >= 0.3 is 14.5 Å². The fourth-order valence-corrected chi connectivity index (χ4v) is 8.50. The molecule has 0 spiro atoms. The van der Waals surface area contributed by atoms with Gasteiger partial charge in [0.05, 0.1) is 16.3 Å². The molecule has 354 valence electrons. The number of alkyl halides is 1. The molecule has 11 heterocycles. The van der Waals surface area contributed by atoms with Crippen LogP contribution in [-0.2, 0) is 0 Å². The number of thiazole rings is 2. The SMILES string of the molecule is F[B-](F)(F)F.F[B-](F)(F)F.F[N+]12CC[N+](CCl)(CC1)CC2.Fc1nc(-c2cccnc2)sc1-c1cccc(-c2ncccn2)n1.c1cnc(-c2cccc(-c3cnc(-c4cccnc4)s3)n2)nc1. The summed E-state index contributed by atoms with van der Waals surface area (Å²) < 4.78 is 107. The average molecular weight is 1010 g/mol. The Hall–Kier alpha value is -6.34. The van der Waals surface area contributed by atoms with Gasteiger partial charge in [-0.05, 0) is 65.1 Å². The van der Waals surface area contributed by atoms with E-state index in [0.717, 1.165) is 56.5 Å². The van der Waals surface area contributed by atoms with Gasteiger partial charge in [-0.25, -0.2) is 39.9 Å². The Morgan fingerprint density at radius 2 is 0.956 bits per heavy atom. The fourth-order valence-electron chi connectivity index (χ4n) is 6.36. The number of nitrogens with zero attached hydrogens (tertiary/aromatic N) is 12. The standard InChI is InChI=1S/C17H10FN5S.C17H11N5S.C7H14ClFN2.2BF4/c18-15-14(24-17(23-15)11-4-2-7-19-10-11)12-5-1-6-13(22-12)16-20-8-3-9-21-16;1-5-13(22-14(6-1)16-19-8-3-9-20-16)15-11-21-17(23-15)12-4-2-7-18-10-12;8-7-10-1-4-11(9,5-2-10)6-3-10;2*2-1(3,4)5/h1-10H;1-11H;1-7H2;;/q;;+2;2*-1. The maximum absolute atomic E-state index is 14.3. The largest absolute Gasteiger partial charge is 0.673 e. The second kappa shape index (κ2) is 23.1. The minimum atomic E-state index is -6.00. The van der Waals surface area contributed by atoms with Crippen LogP contribution in [0.15, 0.2) is 129 Å². The first-order valence-electron chi connectivity index (χ1n) is 20.0. The van der Waals surface area contributed by atoms with Crippen LogP contribution in [0.4, 0.5) is 43.4 Å². The van der Waals surface area contributed by atoms with Crippen LogP contribution in [0.2, 0.25) is 0 Å². The zero-order valence-corrected chi connectivity index (χ0v) is 37.5. The molecule has 0 aliphatic carbocycles. The van der Waals surface area contributed by atoms with Crippen molar-refractivity contribution < 1.29 is 52.6 Å². The van der Waals surface area contributed by atoms with E-state index in [2.05, 4.69) is 49.8 Å². The summed E-state index contributed by atoms with van der Waals surface area (Å²) in [4.78, 5) is 44.0. The fraction of sp³-hybridized carbons (Fsp3) is 0.171. The van der Waals surface area contributed by atoms with Gasteiger partial charge < -0.3 is 34.5 Å². The molecule has 2 bridgehead atoms. The lowest BCUT2D eigenvalue weighted by Gasteiger charge is -2.48. The zero-order valence-electron chi connectivity index (χ0n) is 35.1. The third kappa shape index (κ3) is 15.6. The van der Waals surface area contributed by atoms with Crippen molar-refractivity contribution in [1.29, 1.82) is 0 Å². The maximum atomic E-state index is 14.3. The Morgan fingerprint density at radius 3 is 1.43 bits per heavy atom. The van der Waals surface area contributed by atoms with Crippen LogP contribution in [0.5, 0.6) is 0 Å². The van der Waals surface area contributed by atoms with Gasteiger partial charge in [-0.3, -0.25) is 14.5 Å². The number of aromatic nitrogens is 10. The summed E-state index contributed by atoms with van der Waals surface area (Å²) in [7, 11) is -12.0. The van der Waals surface area contributed by atoms with Crippen molar-refractivity contribution >= 4 is 48.8 Å². The number of quaternary nitrogens is 2. The van der Waals surface area contributed by atoms with Crippen molar-refractivity contribution in [2.75, 3.05) is 45.3 Å². The summed E-state index contributed by atoms with van der Waals surface area (Å²) in [5.74, 6) is 0.570. The van der Waals surface area contributed by atoms with Gasteiger partial charge in [-0.15, -0.1) is 27.4 Å². The number of pyridine rings is 4. The summed E-state index contributed by atoms with van der Waals surface area (Å²) in [6.07, 6.45) is 15.4. The van der Waals surface area contributed by atoms with Crippen molar-refractivity contribution in [3.8, 4) is 65.3 Å². The average Bonchev–Trinajstić information content (AvgIpc) is 4.01. The van der Waals surface area contributed by atoms with Crippen LogP contribution < -0.4 is 0 Å². The molecule has 3 fully saturated rings. The van der Waals surface area contributed by atoms with Gasteiger partial charge in [0.1, 0.15) is 45.9 Å². The Labute approximate surface area is 394 Å². The van der Waals surface area contributed by atoms with Gasteiger partial charge in [0, 0.05) is 66.9 Å². The molecule has 0 aromatic carbocycles. The monoisotopic (exact) mass is 1010 g/mol. The third-order valence-corrected chi connectivity index (χ3v) is 12.3. The number of hydrogen-bond donors (Lipinski definition) is 0. The molecule has 3 aliphatic rings. The summed E-state index contributed by atoms with van der Waals surface area (Å²) in [5.41, 5.74) is 4.48. The van der Waals surface area contributed by atoms with E-state index in [-0.39, 0.29) is 4.71 Å². The molecule has 0 N–H and O–H groups in total. The van der Waals surface area contributed by atoms with Crippen molar-refractivity contribution in [3.05, 3.63) is 135 Å². The second-order valence-electron chi connectivity index (χ2n) is 14.4. The van der Waals surface area contributed by atoms with Gasteiger partial charge in [-0.2, -0.15) is 4.39 Å². The first-order valence-corrected chi connectivity index (χ1v) is 22.2. The highest BCUT2D eigenvalue weighted by molar-refractivity contribution is 7.18. The molecule has 0 unspecified atom stereocenters. The highest BCUT2D eigenvalue weighted by Gasteiger charge is 2.50.